The Kier molecular flexibility index (Phi) is 12.7. The number of fused-ring (bicyclic) bond motifs is 2. The quantitative estimate of drug-likeness (QED) is 0.106. The molecule has 218 valence electrons. The zero-order valence-corrected chi connectivity index (χ0v) is 25.4. The van der Waals surface area contributed by atoms with E-state index in [1.54, 1.807) is 36.4 Å². The van der Waals surface area contributed by atoms with Crippen LogP contribution in [0.15, 0.2) is 36.4 Å². The van der Waals surface area contributed by atoms with Gasteiger partial charge >= 0.3 is 12.3 Å². The normalized spacial score (nSPS) is 12.8. The van der Waals surface area contributed by atoms with Crippen LogP contribution in [0.5, 0.6) is 11.5 Å². The Morgan fingerprint density at radius 1 is 0.650 bits per heavy atom. The summed E-state index contributed by atoms with van der Waals surface area (Å²) in [5.74, 6) is 1.04. The number of benzene rings is 3. The first-order chi connectivity index (χ1) is 19.3. The molecule has 0 saturated heterocycles. The zero-order chi connectivity index (χ0) is 29.1. The molecule has 0 radical (unpaired) electrons. The van der Waals surface area contributed by atoms with Crippen molar-refractivity contribution in [3.8, 4) is 11.5 Å². The lowest BCUT2D eigenvalue weighted by molar-refractivity contribution is 0.0805. The van der Waals surface area contributed by atoms with E-state index in [9.17, 15) is 9.59 Å². The third-order valence-electron chi connectivity index (χ3n) is 7.27. The highest BCUT2D eigenvalue weighted by atomic mass is 35.5. The van der Waals surface area contributed by atoms with Crippen LogP contribution in [-0.4, -0.2) is 25.5 Å². The van der Waals surface area contributed by atoms with Gasteiger partial charge in [-0.2, -0.15) is 0 Å². The van der Waals surface area contributed by atoms with Gasteiger partial charge < -0.3 is 18.9 Å². The maximum atomic E-state index is 12.9. The van der Waals surface area contributed by atoms with E-state index in [0.29, 0.717) is 31.6 Å². The van der Waals surface area contributed by atoms with Crippen LogP contribution in [-0.2, 0) is 9.47 Å². The van der Waals surface area contributed by atoms with E-state index in [2.05, 4.69) is 27.7 Å². The summed E-state index contributed by atoms with van der Waals surface area (Å²) in [5, 5.41) is 2.88. The number of halogens is 2. The molecule has 3 aromatic carbocycles. The smallest absolute Gasteiger partial charge is 0.434 e. The second-order valence-electron chi connectivity index (χ2n) is 10.2. The van der Waals surface area contributed by atoms with Crippen LogP contribution in [0.3, 0.4) is 0 Å². The summed E-state index contributed by atoms with van der Waals surface area (Å²) in [6.07, 6.45) is 6.50. The lowest BCUT2D eigenvalue weighted by atomic mass is 10.0. The summed E-state index contributed by atoms with van der Waals surface area (Å²) in [4.78, 5) is 25.7. The van der Waals surface area contributed by atoms with Gasteiger partial charge in [-0.05, 0) is 61.1 Å². The van der Waals surface area contributed by atoms with Gasteiger partial charge in [-0.3, -0.25) is 0 Å². The number of carbonyl (C=O) groups excluding carboxylic acids is 2. The second-order valence-corrected chi connectivity index (χ2v) is 11.1. The van der Waals surface area contributed by atoms with Crippen LogP contribution < -0.4 is 9.47 Å². The summed E-state index contributed by atoms with van der Waals surface area (Å²) in [6.45, 7) is 9.00. The number of hydrogen-bond acceptors (Lipinski definition) is 6. The van der Waals surface area contributed by atoms with E-state index >= 15 is 0 Å². The van der Waals surface area contributed by atoms with Crippen molar-refractivity contribution in [1.82, 2.24) is 0 Å². The van der Waals surface area contributed by atoms with Crippen molar-refractivity contribution >= 4 is 57.1 Å². The zero-order valence-electron chi connectivity index (χ0n) is 23.9. The van der Waals surface area contributed by atoms with Crippen LogP contribution in [0.25, 0.3) is 21.5 Å². The predicted molar refractivity (Wildman–Crippen MR) is 162 cm³/mol. The molecule has 6 nitrogen and oxygen atoms in total. The van der Waals surface area contributed by atoms with Gasteiger partial charge in [0.2, 0.25) is 0 Å². The molecule has 2 unspecified atom stereocenters. The number of unbranched alkanes of at least 4 members (excludes halogenated alkanes) is 2. The Hall–Kier alpha value is -2.70. The van der Waals surface area contributed by atoms with E-state index in [1.165, 1.54) is 0 Å². The Morgan fingerprint density at radius 2 is 1.05 bits per heavy atom. The van der Waals surface area contributed by atoms with Gasteiger partial charge in [0.15, 0.2) is 5.75 Å². The molecule has 0 aromatic heterocycles. The Balaban J connectivity index is 1.94. The molecule has 0 N–H and O–H groups in total. The second kappa shape index (κ2) is 15.9. The molecule has 0 spiro atoms. The van der Waals surface area contributed by atoms with Crippen molar-refractivity contribution in [1.29, 1.82) is 0 Å². The van der Waals surface area contributed by atoms with E-state index < -0.39 is 12.3 Å². The van der Waals surface area contributed by atoms with Gasteiger partial charge in [0.05, 0.1) is 13.2 Å². The van der Waals surface area contributed by atoms with E-state index in [0.717, 1.165) is 51.4 Å². The first-order valence-corrected chi connectivity index (χ1v) is 15.1. The molecule has 0 fully saturated rings. The predicted octanol–water partition coefficient (Wildman–Crippen LogP) is 10.8. The summed E-state index contributed by atoms with van der Waals surface area (Å²) in [5.41, 5.74) is 0. The molecule has 3 aromatic rings. The topological polar surface area (TPSA) is 71.1 Å². The van der Waals surface area contributed by atoms with Gasteiger partial charge in [-0.1, -0.05) is 89.4 Å². The highest BCUT2D eigenvalue weighted by molar-refractivity contribution is 6.33. The van der Waals surface area contributed by atoms with Crippen molar-refractivity contribution in [2.45, 2.75) is 79.1 Å². The van der Waals surface area contributed by atoms with Gasteiger partial charge in [0.25, 0.3) is 0 Å². The molecule has 8 heteroatoms. The van der Waals surface area contributed by atoms with Gasteiger partial charge in [-0.15, -0.1) is 0 Å². The minimum absolute atomic E-state index is 0.230. The van der Waals surface area contributed by atoms with Crippen molar-refractivity contribution < 1.29 is 28.5 Å². The van der Waals surface area contributed by atoms with Gasteiger partial charge in [0, 0.05) is 31.6 Å². The molecular weight excluding hydrogens is 551 g/mol. The van der Waals surface area contributed by atoms with Crippen LogP contribution in [0.1, 0.15) is 79.1 Å². The molecule has 0 amide bonds. The Bertz CT molecular complexity index is 1230. The van der Waals surface area contributed by atoms with Crippen LogP contribution in [0.4, 0.5) is 9.59 Å². The maximum absolute atomic E-state index is 12.9. The summed E-state index contributed by atoms with van der Waals surface area (Å²) in [6, 6.07) is 10.1. The van der Waals surface area contributed by atoms with Crippen molar-refractivity contribution in [2.75, 3.05) is 13.2 Å². The molecule has 0 aliphatic rings. The molecule has 0 bridgehead atoms. The SMILES string of the molecule is CCCCC(CC)COC(=O)Oc1c2ccc(Cl)cc2c(OC(=O)OCC(CC)CCCC)c2cc(Cl)ccc12. The summed E-state index contributed by atoms with van der Waals surface area (Å²) in [7, 11) is 0. The Labute approximate surface area is 247 Å². The minimum Gasteiger partial charge on any atom is -0.434 e. The molecule has 2 atom stereocenters. The monoisotopic (exact) mass is 590 g/mol. The summed E-state index contributed by atoms with van der Waals surface area (Å²) < 4.78 is 22.6. The number of hydrogen-bond donors (Lipinski definition) is 0. The van der Waals surface area contributed by atoms with Crippen LogP contribution >= 0.6 is 23.2 Å². The minimum atomic E-state index is -0.816. The fraction of sp³-hybridized carbons (Fsp3) is 0.500. The number of carbonyl (C=O) groups is 2. The molecule has 0 heterocycles. The molecule has 0 saturated carbocycles. The molecule has 0 aliphatic carbocycles. The van der Waals surface area contributed by atoms with Crippen LogP contribution in [0.2, 0.25) is 10.0 Å². The van der Waals surface area contributed by atoms with Gasteiger partial charge in [0.1, 0.15) is 5.75 Å². The average Bonchev–Trinajstić information content (AvgIpc) is 2.94. The highest BCUT2D eigenvalue weighted by Crippen LogP contribution is 2.44. The fourth-order valence-electron chi connectivity index (χ4n) is 4.71. The average molecular weight is 592 g/mol. The molecule has 0 aliphatic heterocycles. The van der Waals surface area contributed by atoms with Gasteiger partial charge in [-0.25, -0.2) is 9.59 Å². The number of ether oxygens (including phenoxy) is 4. The van der Waals surface area contributed by atoms with E-state index in [-0.39, 0.29) is 36.5 Å². The van der Waals surface area contributed by atoms with E-state index in [4.69, 9.17) is 42.1 Å². The van der Waals surface area contributed by atoms with Crippen molar-refractivity contribution in [3.63, 3.8) is 0 Å². The standard InChI is InChI=1S/C32H40Cl2O6/c1-5-9-11-21(7-3)19-37-31(35)39-29-25-15-13-23(33)17-27(25)30(28-18-24(34)14-16-26(28)29)40-32(36)38-20-22(8-4)12-10-6-2/h13-18,21-22H,5-12,19-20H2,1-4H3. The Morgan fingerprint density at radius 3 is 1.43 bits per heavy atom. The fourth-order valence-corrected chi connectivity index (χ4v) is 5.05. The van der Waals surface area contributed by atoms with Crippen molar-refractivity contribution in [2.24, 2.45) is 11.8 Å². The highest BCUT2D eigenvalue weighted by Gasteiger charge is 2.23. The first-order valence-electron chi connectivity index (χ1n) is 14.3. The first kappa shape index (κ1) is 31.8. The lowest BCUT2D eigenvalue weighted by Gasteiger charge is -2.18. The van der Waals surface area contributed by atoms with Crippen molar-refractivity contribution in [3.05, 3.63) is 46.4 Å². The maximum Gasteiger partial charge on any atom is 0.513 e. The molecule has 3 rings (SSSR count). The lowest BCUT2D eigenvalue weighted by Crippen LogP contribution is -2.18. The van der Waals surface area contributed by atoms with Crippen LogP contribution in [0, 0.1) is 11.8 Å². The number of rotatable bonds is 14. The third kappa shape index (κ3) is 8.65. The molecular formula is C32H40Cl2O6. The van der Waals surface area contributed by atoms with E-state index in [1.807, 2.05) is 0 Å². The summed E-state index contributed by atoms with van der Waals surface area (Å²) >= 11 is 12.7. The largest absolute Gasteiger partial charge is 0.513 e. The molecule has 40 heavy (non-hydrogen) atoms. The third-order valence-corrected chi connectivity index (χ3v) is 7.74.